The summed E-state index contributed by atoms with van der Waals surface area (Å²) in [6, 6.07) is 0. The number of rotatable bonds is 5. The molecule has 0 aliphatic heterocycles. The lowest BCUT2D eigenvalue weighted by molar-refractivity contribution is -0.138. The molecule has 6 heteroatoms. The van der Waals surface area contributed by atoms with E-state index in [-0.39, 0.29) is 18.6 Å². The second-order valence-corrected chi connectivity index (χ2v) is 3.18. The Labute approximate surface area is 99.0 Å². The fourth-order valence-corrected chi connectivity index (χ4v) is 0.405. The lowest BCUT2D eigenvalue weighted by Crippen LogP contribution is -2.06. The lowest BCUT2D eigenvalue weighted by atomic mass is 10.4. The van der Waals surface area contributed by atoms with E-state index in [1.165, 1.54) is 6.92 Å². The quantitative estimate of drug-likeness (QED) is 0.437. The van der Waals surface area contributed by atoms with E-state index in [2.05, 4.69) is 17.9 Å². The molecule has 0 aliphatic carbocycles. The summed E-state index contributed by atoms with van der Waals surface area (Å²) in [6.07, 6.45) is 1.29. The summed E-state index contributed by atoms with van der Waals surface area (Å²) in [5.74, 6) is -1.44. The number of aliphatic carboxylic acids is 1. The summed E-state index contributed by atoms with van der Waals surface area (Å²) in [4.78, 5) is 19.9. The van der Waals surface area contributed by atoms with Crippen LogP contribution in [-0.4, -0.2) is 34.3 Å². The van der Waals surface area contributed by atoms with E-state index in [0.717, 1.165) is 6.08 Å². The van der Waals surface area contributed by atoms with E-state index in [9.17, 15) is 9.59 Å². The van der Waals surface area contributed by atoms with Crippen molar-refractivity contribution >= 4 is 23.5 Å². The van der Waals surface area contributed by atoms with Gasteiger partial charge in [0.05, 0.1) is 6.61 Å². The van der Waals surface area contributed by atoms with E-state index in [4.69, 9.17) is 21.8 Å². The molecule has 2 N–H and O–H groups in total. The maximum Gasteiger partial charge on any atom is 0.330 e. The molecule has 0 rings (SSSR count). The Hall–Kier alpha value is -1.33. The third kappa shape index (κ3) is 15.2. The van der Waals surface area contributed by atoms with Crippen molar-refractivity contribution in [3.05, 3.63) is 24.8 Å². The van der Waals surface area contributed by atoms with Crippen molar-refractivity contribution in [2.45, 2.75) is 18.9 Å². The first kappa shape index (κ1) is 17.1. The van der Waals surface area contributed by atoms with Gasteiger partial charge in [-0.15, -0.1) is 0 Å². The van der Waals surface area contributed by atoms with Gasteiger partial charge in [0.1, 0.15) is 5.56 Å². The molecule has 0 fully saturated rings. The Balaban J connectivity index is 0. The molecule has 0 saturated carbocycles. The molecule has 1 unspecified atom stereocenters. The predicted molar refractivity (Wildman–Crippen MR) is 60.1 cm³/mol. The average Bonchev–Trinajstić information content (AvgIpc) is 2.17. The number of alkyl halides is 1. The van der Waals surface area contributed by atoms with E-state index < -0.39 is 17.5 Å². The maximum absolute atomic E-state index is 10.3. The lowest BCUT2D eigenvalue weighted by Gasteiger charge is -2.01. The van der Waals surface area contributed by atoms with Gasteiger partial charge in [-0.2, -0.15) is 0 Å². The smallest absolute Gasteiger partial charge is 0.330 e. The first-order chi connectivity index (χ1) is 7.31. The van der Waals surface area contributed by atoms with Gasteiger partial charge < -0.3 is 14.9 Å². The van der Waals surface area contributed by atoms with Crippen molar-refractivity contribution in [2.24, 2.45) is 0 Å². The Bertz CT molecular complexity index is 248. The summed E-state index contributed by atoms with van der Waals surface area (Å²) >= 11 is 5.14. The van der Waals surface area contributed by atoms with Crippen LogP contribution in [0.25, 0.3) is 0 Å². The second-order valence-electron chi connectivity index (χ2n) is 2.68. The highest BCUT2D eigenvalue weighted by Crippen LogP contribution is 1.96. The van der Waals surface area contributed by atoms with Gasteiger partial charge in [0.25, 0.3) is 0 Å². The van der Waals surface area contributed by atoms with Gasteiger partial charge in [-0.25, -0.2) is 9.59 Å². The molecule has 16 heavy (non-hydrogen) atoms. The van der Waals surface area contributed by atoms with Crippen LogP contribution in [0.4, 0.5) is 0 Å². The molecule has 0 amide bonds. The number of ether oxygens (including phenoxy) is 1. The summed E-state index contributed by atoms with van der Waals surface area (Å²) in [5.41, 5.74) is -0.771. The van der Waals surface area contributed by atoms with Gasteiger partial charge in [-0.3, -0.25) is 0 Å². The van der Waals surface area contributed by atoms with Crippen molar-refractivity contribution < 1.29 is 24.5 Å². The molecule has 0 bridgehead atoms. The number of carbonyl (C=O) groups excluding carboxylic acids is 1. The van der Waals surface area contributed by atoms with Gasteiger partial charge in [-0.05, 0) is 6.92 Å². The zero-order valence-electron chi connectivity index (χ0n) is 8.98. The van der Waals surface area contributed by atoms with E-state index in [0.29, 0.717) is 0 Å². The third-order valence-corrected chi connectivity index (χ3v) is 1.35. The van der Waals surface area contributed by atoms with Crippen LogP contribution in [0.15, 0.2) is 24.8 Å². The molecule has 0 saturated heterocycles. The standard InChI is InChI=1S/C6H9ClO3.C4H6O2/c1-2-6(9)10-4-3-5(7)8;1-3(2)4(5)6/h2,5,8H,1,3-4H2;1H2,2H3,(H,5,6). The van der Waals surface area contributed by atoms with E-state index >= 15 is 0 Å². The van der Waals surface area contributed by atoms with Crippen LogP contribution in [0.1, 0.15) is 13.3 Å². The number of aliphatic hydroxyl groups is 1. The van der Waals surface area contributed by atoms with E-state index in [1.807, 2.05) is 0 Å². The van der Waals surface area contributed by atoms with Crippen molar-refractivity contribution in [3.63, 3.8) is 0 Å². The molecular formula is C10H15ClO5. The van der Waals surface area contributed by atoms with Crippen LogP contribution >= 0.6 is 11.6 Å². The second kappa shape index (κ2) is 10.2. The number of carboxylic acid groups (broad SMARTS) is 1. The minimum atomic E-state index is -0.947. The Morgan fingerprint density at radius 3 is 2.25 bits per heavy atom. The maximum atomic E-state index is 10.3. The number of aliphatic hydroxyl groups excluding tert-OH is 1. The summed E-state index contributed by atoms with van der Waals surface area (Å²) in [5, 5.41) is 16.4. The first-order valence-electron chi connectivity index (χ1n) is 4.31. The first-order valence-corrected chi connectivity index (χ1v) is 4.75. The highest BCUT2D eigenvalue weighted by atomic mass is 35.5. The number of halogens is 1. The summed E-state index contributed by atoms with van der Waals surface area (Å²) in [6.45, 7) is 7.91. The van der Waals surface area contributed by atoms with Crippen molar-refractivity contribution in [1.82, 2.24) is 0 Å². The minimum Gasteiger partial charge on any atom is -0.478 e. The Morgan fingerprint density at radius 2 is 2.00 bits per heavy atom. The molecule has 0 aromatic heterocycles. The van der Waals surface area contributed by atoms with Gasteiger partial charge in [0.15, 0.2) is 0 Å². The topological polar surface area (TPSA) is 83.8 Å². The third-order valence-electron chi connectivity index (χ3n) is 1.13. The van der Waals surface area contributed by atoms with Crippen molar-refractivity contribution in [1.29, 1.82) is 0 Å². The highest BCUT2D eigenvalue weighted by Gasteiger charge is 1.99. The predicted octanol–water partition coefficient (Wildman–Crippen LogP) is 1.31. The number of hydrogen-bond acceptors (Lipinski definition) is 4. The monoisotopic (exact) mass is 250 g/mol. The van der Waals surface area contributed by atoms with Crippen molar-refractivity contribution in [2.75, 3.05) is 6.61 Å². The number of carboxylic acids is 1. The molecule has 0 heterocycles. The molecule has 1 atom stereocenters. The van der Waals surface area contributed by atoms with Crippen LogP contribution < -0.4 is 0 Å². The van der Waals surface area contributed by atoms with Crippen LogP contribution in [-0.2, 0) is 14.3 Å². The highest BCUT2D eigenvalue weighted by molar-refractivity contribution is 6.19. The van der Waals surface area contributed by atoms with Crippen LogP contribution in [0, 0.1) is 0 Å². The summed E-state index contributed by atoms with van der Waals surface area (Å²) < 4.78 is 4.50. The number of carbonyl (C=O) groups is 2. The molecule has 5 nitrogen and oxygen atoms in total. The zero-order valence-corrected chi connectivity index (χ0v) is 9.74. The van der Waals surface area contributed by atoms with Crippen LogP contribution in [0.2, 0.25) is 0 Å². The van der Waals surface area contributed by atoms with Crippen molar-refractivity contribution in [3.8, 4) is 0 Å². The molecule has 0 aromatic rings. The zero-order chi connectivity index (χ0) is 13.1. The van der Waals surface area contributed by atoms with Gasteiger partial charge in [0.2, 0.25) is 0 Å². The Kier molecular flexibility index (Phi) is 10.9. The molecule has 0 aliphatic rings. The Morgan fingerprint density at radius 1 is 1.56 bits per heavy atom. The number of esters is 1. The van der Waals surface area contributed by atoms with Crippen LogP contribution in [0.5, 0.6) is 0 Å². The SMILES string of the molecule is C=C(C)C(=O)O.C=CC(=O)OCCC(O)Cl. The fourth-order valence-electron chi connectivity index (χ4n) is 0.316. The normalized spacial score (nSPS) is 10.4. The average molecular weight is 251 g/mol. The largest absolute Gasteiger partial charge is 0.478 e. The van der Waals surface area contributed by atoms with Crippen LogP contribution in [0.3, 0.4) is 0 Å². The van der Waals surface area contributed by atoms with Gasteiger partial charge in [0, 0.05) is 18.1 Å². The fraction of sp³-hybridized carbons (Fsp3) is 0.400. The molecular weight excluding hydrogens is 236 g/mol. The number of hydrogen-bond donors (Lipinski definition) is 2. The molecule has 0 radical (unpaired) electrons. The molecule has 0 spiro atoms. The van der Waals surface area contributed by atoms with Gasteiger partial charge in [-0.1, -0.05) is 24.8 Å². The summed E-state index contributed by atoms with van der Waals surface area (Å²) in [7, 11) is 0. The molecule has 0 aromatic carbocycles. The van der Waals surface area contributed by atoms with Gasteiger partial charge >= 0.3 is 11.9 Å². The minimum absolute atomic E-state index is 0.121. The van der Waals surface area contributed by atoms with E-state index in [1.54, 1.807) is 0 Å². The molecule has 92 valence electrons.